The van der Waals surface area contributed by atoms with Gasteiger partial charge in [0, 0.05) is 18.5 Å². The highest BCUT2D eigenvalue weighted by Crippen LogP contribution is 2.30. The topological polar surface area (TPSA) is 54.5 Å². The first-order chi connectivity index (χ1) is 11.0. The van der Waals surface area contributed by atoms with E-state index in [-0.39, 0.29) is 11.5 Å². The van der Waals surface area contributed by atoms with Crippen molar-refractivity contribution >= 4 is 21.5 Å². The molecule has 0 radical (unpaired) electrons. The van der Waals surface area contributed by atoms with E-state index in [1.807, 2.05) is 31.2 Å². The van der Waals surface area contributed by atoms with E-state index in [9.17, 15) is 13.2 Å². The lowest BCUT2D eigenvalue weighted by molar-refractivity contribution is 0.0983. The van der Waals surface area contributed by atoms with E-state index in [1.165, 1.54) is 4.31 Å². The van der Waals surface area contributed by atoms with Crippen molar-refractivity contribution in [1.82, 2.24) is 0 Å². The van der Waals surface area contributed by atoms with E-state index >= 15 is 0 Å². The summed E-state index contributed by atoms with van der Waals surface area (Å²) < 4.78 is 27.2. The minimum Gasteiger partial charge on any atom is -0.294 e. The van der Waals surface area contributed by atoms with Gasteiger partial charge in [-0.15, -0.1) is 0 Å². The number of nitrogens with zero attached hydrogens (tertiary/aromatic N) is 1. The van der Waals surface area contributed by atoms with Crippen LogP contribution in [-0.4, -0.2) is 20.7 Å². The second-order valence-corrected chi connectivity index (χ2v) is 7.75. The Bertz CT molecular complexity index is 829. The monoisotopic (exact) mass is 329 g/mol. The Hall–Kier alpha value is -2.14. The lowest BCUT2D eigenvalue weighted by Gasteiger charge is -2.24. The van der Waals surface area contributed by atoms with E-state index in [2.05, 4.69) is 0 Å². The van der Waals surface area contributed by atoms with E-state index in [0.717, 1.165) is 11.1 Å². The molecule has 0 aromatic heterocycles. The van der Waals surface area contributed by atoms with Crippen molar-refractivity contribution in [2.75, 3.05) is 10.8 Å². The van der Waals surface area contributed by atoms with Crippen LogP contribution < -0.4 is 4.31 Å². The highest BCUT2D eigenvalue weighted by Gasteiger charge is 2.29. The molecule has 2 aromatic rings. The first-order valence-corrected chi connectivity index (χ1v) is 9.26. The molecular formula is C18H19NO3S. The molecule has 3 rings (SSSR count). The number of rotatable bonds is 3. The van der Waals surface area contributed by atoms with Crippen LogP contribution in [0.1, 0.15) is 34.3 Å². The van der Waals surface area contributed by atoms with Crippen LogP contribution in [0.4, 0.5) is 5.69 Å². The predicted molar refractivity (Wildman–Crippen MR) is 91.2 cm³/mol. The van der Waals surface area contributed by atoms with Crippen molar-refractivity contribution in [2.24, 2.45) is 0 Å². The van der Waals surface area contributed by atoms with Gasteiger partial charge in [-0.1, -0.05) is 42.0 Å². The molecule has 23 heavy (non-hydrogen) atoms. The van der Waals surface area contributed by atoms with Gasteiger partial charge in [-0.2, -0.15) is 0 Å². The molecule has 0 aliphatic carbocycles. The molecule has 120 valence electrons. The van der Waals surface area contributed by atoms with Gasteiger partial charge in [0.15, 0.2) is 5.78 Å². The number of anilines is 1. The van der Waals surface area contributed by atoms with Gasteiger partial charge in [0.05, 0.1) is 11.4 Å². The van der Waals surface area contributed by atoms with E-state index in [4.69, 9.17) is 0 Å². The summed E-state index contributed by atoms with van der Waals surface area (Å²) >= 11 is 0. The molecule has 0 bridgehead atoms. The lowest BCUT2D eigenvalue weighted by Crippen LogP contribution is -2.33. The average Bonchev–Trinajstić information content (AvgIpc) is 2.68. The number of carbonyl (C=O) groups excluding carboxylic acids is 1. The van der Waals surface area contributed by atoms with E-state index in [1.54, 1.807) is 24.3 Å². The molecule has 1 aliphatic rings. The molecule has 4 nitrogen and oxygen atoms in total. The van der Waals surface area contributed by atoms with Crippen LogP contribution in [-0.2, 0) is 15.8 Å². The highest BCUT2D eigenvalue weighted by atomic mass is 32.2. The normalized spacial score (nSPS) is 15.2. The van der Waals surface area contributed by atoms with Gasteiger partial charge in [-0.05, 0) is 31.0 Å². The van der Waals surface area contributed by atoms with Gasteiger partial charge < -0.3 is 0 Å². The van der Waals surface area contributed by atoms with Gasteiger partial charge in [0.2, 0.25) is 10.0 Å². The van der Waals surface area contributed by atoms with Gasteiger partial charge in [-0.25, -0.2) is 8.42 Å². The maximum Gasteiger partial charge on any atom is 0.239 e. The third-order valence-corrected chi connectivity index (χ3v) is 5.76. The van der Waals surface area contributed by atoms with Crippen LogP contribution >= 0.6 is 0 Å². The van der Waals surface area contributed by atoms with Crippen molar-refractivity contribution in [2.45, 2.75) is 25.5 Å². The number of hydrogen-bond acceptors (Lipinski definition) is 3. The maximum absolute atomic E-state index is 12.9. The maximum atomic E-state index is 12.9. The summed E-state index contributed by atoms with van der Waals surface area (Å²) in [5, 5.41) is 0. The van der Waals surface area contributed by atoms with Crippen LogP contribution in [0.5, 0.6) is 0 Å². The number of carbonyl (C=O) groups is 1. The average molecular weight is 329 g/mol. The third kappa shape index (κ3) is 3.29. The molecule has 0 spiro atoms. The van der Waals surface area contributed by atoms with Crippen molar-refractivity contribution in [3.63, 3.8) is 0 Å². The lowest BCUT2D eigenvalue weighted by atomic mass is 10.0. The van der Waals surface area contributed by atoms with Gasteiger partial charge in [0.25, 0.3) is 0 Å². The van der Waals surface area contributed by atoms with Crippen molar-refractivity contribution in [1.29, 1.82) is 0 Å². The zero-order valence-electron chi connectivity index (χ0n) is 13.0. The molecule has 2 aromatic carbocycles. The minimum atomic E-state index is -3.53. The number of aryl methyl sites for hydroxylation is 1. The molecule has 0 amide bonds. The van der Waals surface area contributed by atoms with E-state index < -0.39 is 10.0 Å². The fraction of sp³-hybridized carbons (Fsp3) is 0.278. The Labute approximate surface area is 136 Å². The second-order valence-electron chi connectivity index (χ2n) is 5.86. The molecule has 0 atom stereocenters. The zero-order chi connectivity index (χ0) is 16.4. The third-order valence-electron chi connectivity index (χ3n) is 4.01. The Kier molecular flexibility index (Phi) is 4.22. The summed E-state index contributed by atoms with van der Waals surface area (Å²) in [5.74, 6) is -0.0453. The van der Waals surface area contributed by atoms with Crippen molar-refractivity contribution in [3.8, 4) is 0 Å². The second kappa shape index (κ2) is 6.16. The standard InChI is InChI=1S/C18H19NO3S/c1-14-9-10-17-16(12-14)18(20)8-5-11-19(17)23(21,22)13-15-6-3-2-4-7-15/h2-4,6-7,9-10,12H,5,8,11,13H2,1H3. The Balaban J connectivity index is 2.02. The summed E-state index contributed by atoms with van der Waals surface area (Å²) in [5.41, 5.74) is 2.73. The SMILES string of the molecule is Cc1ccc2c(c1)C(=O)CCCN2S(=O)(=O)Cc1ccccc1. The Morgan fingerprint density at radius 3 is 2.57 bits per heavy atom. The molecule has 0 saturated carbocycles. The highest BCUT2D eigenvalue weighted by molar-refractivity contribution is 7.92. The smallest absolute Gasteiger partial charge is 0.239 e. The Morgan fingerprint density at radius 1 is 1.09 bits per heavy atom. The largest absolute Gasteiger partial charge is 0.294 e. The van der Waals surface area contributed by atoms with Crippen LogP contribution in [0.2, 0.25) is 0 Å². The molecule has 0 fully saturated rings. The van der Waals surface area contributed by atoms with Crippen LogP contribution in [0.3, 0.4) is 0 Å². The van der Waals surface area contributed by atoms with Crippen LogP contribution in [0.15, 0.2) is 48.5 Å². The zero-order valence-corrected chi connectivity index (χ0v) is 13.8. The summed E-state index contributed by atoms with van der Waals surface area (Å²) in [6.45, 7) is 2.25. The summed E-state index contributed by atoms with van der Waals surface area (Å²) in [7, 11) is -3.53. The fourth-order valence-electron chi connectivity index (χ4n) is 2.88. The van der Waals surface area contributed by atoms with Crippen LogP contribution in [0, 0.1) is 6.92 Å². The number of benzene rings is 2. The van der Waals surface area contributed by atoms with Crippen molar-refractivity contribution in [3.05, 3.63) is 65.2 Å². The summed E-state index contributed by atoms with van der Waals surface area (Å²) in [6, 6.07) is 14.5. The molecule has 1 aliphatic heterocycles. The molecule has 0 saturated heterocycles. The number of Topliss-reactive ketones (excluding diaryl/α,β-unsaturated/α-hetero) is 1. The first kappa shape index (κ1) is 15.7. The quantitative estimate of drug-likeness (QED) is 0.868. The predicted octanol–water partition coefficient (Wildman–Crippen LogP) is 3.31. The van der Waals surface area contributed by atoms with Gasteiger partial charge >= 0.3 is 0 Å². The Morgan fingerprint density at radius 2 is 1.83 bits per heavy atom. The molecule has 5 heteroatoms. The van der Waals surface area contributed by atoms with Gasteiger partial charge in [-0.3, -0.25) is 9.10 Å². The molecule has 1 heterocycles. The summed E-state index contributed by atoms with van der Waals surface area (Å²) in [4.78, 5) is 12.3. The van der Waals surface area contributed by atoms with Crippen LogP contribution in [0.25, 0.3) is 0 Å². The molecule has 0 unspecified atom stereocenters. The fourth-order valence-corrected chi connectivity index (χ4v) is 4.52. The number of fused-ring (bicyclic) bond motifs is 1. The number of sulfonamides is 1. The minimum absolute atomic E-state index is 0.0149. The van der Waals surface area contributed by atoms with E-state index in [0.29, 0.717) is 30.6 Å². The molecule has 0 N–H and O–H groups in total. The first-order valence-electron chi connectivity index (χ1n) is 7.65. The molecular weight excluding hydrogens is 310 g/mol. The number of ketones is 1. The summed E-state index contributed by atoms with van der Waals surface area (Å²) in [6.07, 6.45) is 0.925. The number of hydrogen-bond donors (Lipinski definition) is 0. The van der Waals surface area contributed by atoms with Crippen molar-refractivity contribution < 1.29 is 13.2 Å². The van der Waals surface area contributed by atoms with Gasteiger partial charge in [0.1, 0.15) is 0 Å².